The van der Waals surface area contributed by atoms with E-state index in [4.69, 9.17) is 5.11 Å². The van der Waals surface area contributed by atoms with Crippen LogP contribution >= 0.6 is 0 Å². The Morgan fingerprint density at radius 3 is 3.25 bits per heavy atom. The van der Waals surface area contributed by atoms with Gasteiger partial charge >= 0.3 is 0 Å². The van der Waals surface area contributed by atoms with Crippen molar-refractivity contribution < 1.29 is 5.11 Å². The van der Waals surface area contributed by atoms with Gasteiger partial charge in [-0.15, -0.1) is 0 Å². The van der Waals surface area contributed by atoms with Crippen molar-refractivity contribution in [3.8, 4) is 5.75 Å². The molecule has 0 bridgehead atoms. The molecule has 1 atom stereocenters. The zero-order valence-corrected chi connectivity index (χ0v) is 6.90. The Kier molecular flexibility index (Phi) is 1.99. The van der Waals surface area contributed by atoms with E-state index in [1.807, 2.05) is 0 Å². The number of hydrogen-bond donors (Lipinski definition) is 2. The molecule has 1 saturated heterocycles. The predicted molar refractivity (Wildman–Crippen MR) is 44.9 cm³/mol. The Hall–Kier alpha value is -1.03. The molecular weight excluding hydrogens is 154 g/mol. The Labute approximate surface area is 71.2 Å². The Bertz CT molecular complexity index is 253. The molecule has 0 amide bonds. The molecule has 1 aliphatic rings. The van der Waals surface area contributed by atoms with Crippen molar-refractivity contribution in [1.82, 2.24) is 15.1 Å². The Balaban J connectivity index is 1.94. The summed E-state index contributed by atoms with van der Waals surface area (Å²) in [4.78, 5) is 0. The number of aromatic hydroxyl groups is 1. The summed E-state index contributed by atoms with van der Waals surface area (Å²) < 4.78 is 1.80. The summed E-state index contributed by atoms with van der Waals surface area (Å²) in [5, 5.41) is 16.3. The fourth-order valence-corrected chi connectivity index (χ4v) is 1.59. The second-order valence-electron chi connectivity index (χ2n) is 3.28. The van der Waals surface area contributed by atoms with E-state index in [1.165, 1.54) is 12.6 Å². The molecule has 0 aromatic carbocycles. The van der Waals surface area contributed by atoms with Crippen LogP contribution in [0.15, 0.2) is 12.4 Å². The van der Waals surface area contributed by atoms with Crippen LogP contribution < -0.4 is 5.32 Å². The van der Waals surface area contributed by atoms with Crippen LogP contribution in [0.1, 0.15) is 6.42 Å². The van der Waals surface area contributed by atoms with Gasteiger partial charge in [-0.1, -0.05) is 0 Å². The van der Waals surface area contributed by atoms with E-state index in [0.29, 0.717) is 5.92 Å². The second kappa shape index (κ2) is 3.15. The summed E-state index contributed by atoms with van der Waals surface area (Å²) in [6, 6.07) is 0. The van der Waals surface area contributed by atoms with Crippen LogP contribution in [0.4, 0.5) is 0 Å². The van der Waals surface area contributed by atoms with E-state index >= 15 is 0 Å². The lowest BCUT2D eigenvalue weighted by molar-refractivity contribution is 0.443. The van der Waals surface area contributed by atoms with E-state index in [2.05, 4.69) is 10.4 Å². The number of aromatic nitrogens is 2. The molecule has 1 unspecified atom stereocenters. The van der Waals surface area contributed by atoms with Gasteiger partial charge in [-0.2, -0.15) is 5.10 Å². The van der Waals surface area contributed by atoms with E-state index < -0.39 is 0 Å². The molecule has 0 saturated carbocycles. The highest BCUT2D eigenvalue weighted by atomic mass is 16.3. The molecule has 12 heavy (non-hydrogen) atoms. The van der Waals surface area contributed by atoms with Crippen LogP contribution in [0.25, 0.3) is 0 Å². The van der Waals surface area contributed by atoms with Gasteiger partial charge in [0.15, 0.2) is 5.75 Å². The number of nitrogens with zero attached hydrogens (tertiary/aromatic N) is 2. The minimum atomic E-state index is 0.251. The molecule has 0 aliphatic carbocycles. The van der Waals surface area contributed by atoms with Crippen molar-refractivity contribution in [2.45, 2.75) is 13.0 Å². The topological polar surface area (TPSA) is 50.1 Å². The molecule has 1 aromatic heterocycles. The van der Waals surface area contributed by atoms with Gasteiger partial charge in [-0.05, 0) is 25.4 Å². The quantitative estimate of drug-likeness (QED) is 0.661. The molecule has 2 heterocycles. The molecular formula is C8H13N3O. The first kappa shape index (κ1) is 7.61. The second-order valence-corrected chi connectivity index (χ2v) is 3.28. The summed E-state index contributed by atoms with van der Waals surface area (Å²) in [6.45, 7) is 3.09. The van der Waals surface area contributed by atoms with Gasteiger partial charge in [0, 0.05) is 6.54 Å². The first-order valence-electron chi connectivity index (χ1n) is 4.27. The first-order chi connectivity index (χ1) is 5.84. The Morgan fingerprint density at radius 2 is 2.67 bits per heavy atom. The lowest BCUT2D eigenvalue weighted by Gasteiger charge is -2.06. The standard InChI is InChI=1S/C8H13N3O/c12-8-4-10-11(6-8)5-7-1-2-9-3-7/h4,6-7,9,12H,1-3,5H2. The van der Waals surface area contributed by atoms with Crippen molar-refractivity contribution in [1.29, 1.82) is 0 Å². The van der Waals surface area contributed by atoms with Gasteiger partial charge in [-0.25, -0.2) is 0 Å². The largest absolute Gasteiger partial charge is 0.505 e. The fraction of sp³-hybridized carbons (Fsp3) is 0.625. The summed E-state index contributed by atoms with van der Waals surface area (Å²) in [5.41, 5.74) is 0. The van der Waals surface area contributed by atoms with Crippen molar-refractivity contribution in [2.24, 2.45) is 5.92 Å². The van der Waals surface area contributed by atoms with Crippen LogP contribution in [-0.2, 0) is 6.54 Å². The van der Waals surface area contributed by atoms with Crippen molar-refractivity contribution in [3.63, 3.8) is 0 Å². The van der Waals surface area contributed by atoms with Gasteiger partial charge in [-0.3, -0.25) is 4.68 Å². The van der Waals surface area contributed by atoms with Crippen LogP contribution in [-0.4, -0.2) is 28.0 Å². The van der Waals surface area contributed by atoms with Gasteiger partial charge in [0.05, 0.1) is 12.4 Å². The van der Waals surface area contributed by atoms with E-state index in [1.54, 1.807) is 10.9 Å². The number of nitrogens with one attached hydrogen (secondary N) is 1. The normalized spacial score (nSPS) is 23.2. The van der Waals surface area contributed by atoms with Gasteiger partial charge in [0.25, 0.3) is 0 Å². The van der Waals surface area contributed by atoms with Crippen LogP contribution in [0.5, 0.6) is 5.75 Å². The third kappa shape index (κ3) is 1.58. The molecule has 2 rings (SSSR count). The molecule has 66 valence electrons. The maximum atomic E-state index is 9.03. The lowest BCUT2D eigenvalue weighted by atomic mass is 10.1. The summed E-state index contributed by atoms with van der Waals surface area (Å²) in [7, 11) is 0. The van der Waals surface area contributed by atoms with E-state index in [-0.39, 0.29) is 5.75 Å². The van der Waals surface area contributed by atoms with Crippen LogP contribution in [0, 0.1) is 5.92 Å². The van der Waals surface area contributed by atoms with E-state index in [0.717, 1.165) is 19.6 Å². The summed E-state index contributed by atoms with van der Waals surface area (Å²) in [5.74, 6) is 0.922. The monoisotopic (exact) mass is 167 g/mol. The molecule has 1 aliphatic heterocycles. The number of hydrogen-bond acceptors (Lipinski definition) is 3. The molecule has 0 radical (unpaired) electrons. The third-order valence-electron chi connectivity index (χ3n) is 2.23. The first-order valence-corrected chi connectivity index (χ1v) is 4.27. The highest BCUT2D eigenvalue weighted by Gasteiger charge is 2.14. The highest BCUT2D eigenvalue weighted by Crippen LogP contribution is 2.12. The fourth-order valence-electron chi connectivity index (χ4n) is 1.59. The van der Waals surface area contributed by atoms with Gasteiger partial charge in [0.2, 0.25) is 0 Å². The summed E-state index contributed by atoms with van der Waals surface area (Å²) >= 11 is 0. The minimum absolute atomic E-state index is 0.251. The molecule has 2 N–H and O–H groups in total. The average molecular weight is 167 g/mol. The highest BCUT2D eigenvalue weighted by molar-refractivity contribution is 5.08. The average Bonchev–Trinajstić information content (AvgIpc) is 2.63. The lowest BCUT2D eigenvalue weighted by Crippen LogP contribution is -2.14. The molecule has 1 fully saturated rings. The number of rotatable bonds is 2. The maximum absolute atomic E-state index is 9.03. The van der Waals surface area contributed by atoms with Gasteiger partial charge in [0.1, 0.15) is 0 Å². The Morgan fingerprint density at radius 1 is 1.75 bits per heavy atom. The molecule has 4 nitrogen and oxygen atoms in total. The molecule has 0 spiro atoms. The minimum Gasteiger partial charge on any atom is -0.505 e. The van der Waals surface area contributed by atoms with Crippen LogP contribution in [0.3, 0.4) is 0 Å². The zero-order valence-electron chi connectivity index (χ0n) is 6.90. The summed E-state index contributed by atoms with van der Waals surface area (Å²) in [6.07, 6.45) is 4.35. The maximum Gasteiger partial charge on any atom is 0.153 e. The van der Waals surface area contributed by atoms with Crippen molar-refractivity contribution in [3.05, 3.63) is 12.4 Å². The SMILES string of the molecule is Oc1cnn(CC2CCNC2)c1. The van der Waals surface area contributed by atoms with Crippen LogP contribution in [0.2, 0.25) is 0 Å². The van der Waals surface area contributed by atoms with Crippen molar-refractivity contribution in [2.75, 3.05) is 13.1 Å². The molecule has 4 heteroatoms. The van der Waals surface area contributed by atoms with Crippen molar-refractivity contribution >= 4 is 0 Å². The molecule has 1 aromatic rings. The zero-order chi connectivity index (χ0) is 8.39. The van der Waals surface area contributed by atoms with Gasteiger partial charge < -0.3 is 10.4 Å². The smallest absolute Gasteiger partial charge is 0.153 e. The third-order valence-corrected chi connectivity index (χ3v) is 2.23. The predicted octanol–water partition coefficient (Wildman–Crippen LogP) is 0.198. The van der Waals surface area contributed by atoms with E-state index in [9.17, 15) is 0 Å².